The summed E-state index contributed by atoms with van der Waals surface area (Å²) in [6.45, 7) is 2.38. The highest BCUT2D eigenvalue weighted by Crippen LogP contribution is 2.42. The number of hydrogen-bond donors (Lipinski definition) is 1. The Morgan fingerprint density at radius 2 is 2.30 bits per heavy atom. The van der Waals surface area contributed by atoms with Crippen LogP contribution in [0.3, 0.4) is 0 Å². The Morgan fingerprint density at radius 3 is 3.05 bits per heavy atom. The van der Waals surface area contributed by atoms with Gasteiger partial charge < -0.3 is 19.9 Å². The molecule has 2 atom stereocenters. The van der Waals surface area contributed by atoms with Gasteiger partial charge in [0.1, 0.15) is 5.75 Å². The molecule has 1 aromatic rings. The lowest BCUT2D eigenvalue weighted by Crippen LogP contribution is -2.41. The Balaban J connectivity index is 1.71. The molecular formula is C15H21NO3S. The fourth-order valence-electron chi connectivity index (χ4n) is 2.91. The average molecular weight is 295 g/mol. The van der Waals surface area contributed by atoms with E-state index in [9.17, 15) is 0 Å². The van der Waals surface area contributed by atoms with Crippen molar-refractivity contribution in [1.82, 2.24) is 0 Å². The maximum atomic E-state index is 5.98. The molecule has 4 nitrogen and oxygen atoms in total. The van der Waals surface area contributed by atoms with Crippen LogP contribution >= 0.6 is 11.8 Å². The third-order valence-corrected chi connectivity index (χ3v) is 5.32. The molecule has 1 aromatic carbocycles. The summed E-state index contributed by atoms with van der Waals surface area (Å²) in [4.78, 5) is 1.16. The van der Waals surface area contributed by atoms with Crippen molar-refractivity contribution in [3.8, 4) is 5.75 Å². The van der Waals surface area contributed by atoms with E-state index in [2.05, 4.69) is 0 Å². The minimum atomic E-state index is -0.0447. The Bertz CT molecular complexity index is 474. The largest absolute Gasteiger partial charge is 0.496 e. The molecule has 110 valence electrons. The van der Waals surface area contributed by atoms with Crippen molar-refractivity contribution < 1.29 is 14.2 Å². The molecule has 2 N–H and O–H groups in total. The van der Waals surface area contributed by atoms with Gasteiger partial charge in [0.2, 0.25) is 0 Å². The number of hydrogen-bond acceptors (Lipinski definition) is 5. The van der Waals surface area contributed by atoms with Crippen LogP contribution in [0.15, 0.2) is 23.1 Å². The molecule has 5 heteroatoms. The second-order valence-corrected chi connectivity index (χ2v) is 6.82. The number of rotatable bonds is 3. The number of nitrogens with two attached hydrogens (primary N) is 1. The van der Waals surface area contributed by atoms with E-state index in [1.807, 2.05) is 30.0 Å². The maximum absolute atomic E-state index is 5.98. The molecule has 0 aromatic heterocycles. The minimum Gasteiger partial charge on any atom is -0.496 e. The van der Waals surface area contributed by atoms with E-state index in [1.165, 1.54) is 0 Å². The van der Waals surface area contributed by atoms with Crippen molar-refractivity contribution in [1.29, 1.82) is 0 Å². The number of nitrogen functional groups attached to an aromatic ring is 1. The van der Waals surface area contributed by atoms with E-state index in [4.69, 9.17) is 19.9 Å². The summed E-state index contributed by atoms with van der Waals surface area (Å²) in [7, 11) is 1.69. The second kappa shape index (κ2) is 5.84. The first-order chi connectivity index (χ1) is 9.71. The fraction of sp³-hybridized carbons (Fsp3) is 0.600. The van der Waals surface area contributed by atoms with Crippen LogP contribution in [-0.2, 0) is 9.47 Å². The molecule has 0 bridgehead atoms. The monoisotopic (exact) mass is 295 g/mol. The Kier molecular flexibility index (Phi) is 4.10. The summed E-state index contributed by atoms with van der Waals surface area (Å²) in [6, 6.07) is 5.86. The van der Waals surface area contributed by atoms with Crippen LogP contribution < -0.4 is 10.5 Å². The third-order valence-electron chi connectivity index (χ3n) is 4.00. The van der Waals surface area contributed by atoms with Crippen molar-refractivity contribution in [2.75, 3.05) is 32.7 Å². The van der Waals surface area contributed by atoms with Gasteiger partial charge in [0.25, 0.3) is 0 Å². The molecule has 2 aliphatic rings. The molecule has 2 fully saturated rings. The number of anilines is 1. The molecule has 2 aliphatic heterocycles. The second-order valence-electron chi connectivity index (χ2n) is 5.48. The first-order valence-electron chi connectivity index (χ1n) is 7.03. The van der Waals surface area contributed by atoms with Crippen molar-refractivity contribution >= 4 is 17.4 Å². The summed E-state index contributed by atoms with van der Waals surface area (Å²) in [6.07, 6.45) is 3.13. The Hall–Kier alpha value is -0.910. The molecule has 2 unspecified atom stereocenters. The molecule has 2 saturated heterocycles. The van der Waals surface area contributed by atoms with Gasteiger partial charge >= 0.3 is 0 Å². The van der Waals surface area contributed by atoms with Crippen molar-refractivity contribution in [3.05, 3.63) is 18.2 Å². The molecule has 0 aliphatic carbocycles. The van der Waals surface area contributed by atoms with Crippen molar-refractivity contribution in [3.63, 3.8) is 0 Å². The SMILES string of the molecule is COc1cc(N)ccc1SC1CCOC2(CCOC2)C1. The van der Waals surface area contributed by atoms with Gasteiger partial charge in [0.15, 0.2) is 0 Å². The smallest absolute Gasteiger partial charge is 0.134 e. The normalized spacial score (nSPS) is 29.8. The highest BCUT2D eigenvalue weighted by Gasteiger charge is 2.41. The fourth-order valence-corrected chi connectivity index (χ4v) is 4.27. The van der Waals surface area contributed by atoms with Gasteiger partial charge in [-0.2, -0.15) is 0 Å². The molecule has 1 spiro atoms. The molecule has 2 heterocycles. The quantitative estimate of drug-likeness (QED) is 0.869. The zero-order valence-electron chi connectivity index (χ0n) is 11.8. The highest BCUT2D eigenvalue weighted by atomic mass is 32.2. The van der Waals surface area contributed by atoms with E-state index in [0.717, 1.165) is 55.4 Å². The first-order valence-corrected chi connectivity index (χ1v) is 7.91. The zero-order chi connectivity index (χ0) is 14.0. The minimum absolute atomic E-state index is 0.0447. The topological polar surface area (TPSA) is 53.7 Å². The first kappa shape index (κ1) is 14.0. The molecule has 20 heavy (non-hydrogen) atoms. The van der Waals surface area contributed by atoms with Gasteiger partial charge in [-0.15, -0.1) is 11.8 Å². The number of benzene rings is 1. The van der Waals surface area contributed by atoms with Crippen molar-refractivity contribution in [2.45, 2.75) is 35.0 Å². The Morgan fingerprint density at radius 1 is 1.40 bits per heavy atom. The maximum Gasteiger partial charge on any atom is 0.134 e. The van der Waals surface area contributed by atoms with Crippen LogP contribution in [0.25, 0.3) is 0 Å². The lowest BCUT2D eigenvalue weighted by molar-refractivity contribution is -0.0769. The summed E-state index contributed by atoms with van der Waals surface area (Å²) < 4.78 is 16.9. The summed E-state index contributed by atoms with van der Waals surface area (Å²) in [5.74, 6) is 0.859. The van der Waals surface area contributed by atoms with Gasteiger partial charge in [-0.3, -0.25) is 0 Å². The lowest BCUT2D eigenvalue weighted by atomic mass is 9.93. The Labute approximate surface area is 124 Å². The van der Waals surface area contributed by atoms with Crippen LogP contribution in [-0.4, -0.2) is 37.8 Å². The summed E-state index contributed by atoms with van der Waals surface area (Å²) in [5.41, 5.74) is 6.50. The van der Waals surface area contributed by atoms with E-state index >= 15 is 0 Å². The predicted molar refractivity (Wildman–Crippen MR) is 80.4 cm³/mol. The molecule has 3 rings (SSSR count). The standard InChI is InChI=1S/C15H21NO3S/c1-17-13-8-11(16)2-3-14(13)20-12-4-6-19-15(9-12)5-7-18-10-15/h2-3,8,12H,4-7,9-10,16H2,1H3. The van der Waals surface area contributed by atoms with Gasteiger partial charge in [0.05, 0.1) is 19.3 Å². The van der Waals surface area contributed by atoms with Gasteiger partial charge in [-0.25, -0.2) is 0 Å². The molecular weight excluding hydrogens is 274 g/mol. The van der Waals surface area contributed by atoms with E-state index < -0.39 is 0 Å². The zero-order valence-corrected chi connectivity index (χ0v) is 12.6. The van der Waals surface area contributed by atoms with Gasteiger partial charge in [0, 0.05) is 41.5 Å². The van der Waals surface area contributed by atoms with E-state index in [-0.39, 0.29) is 5.60 Å². The molecule has 0 saturated carbocycles. The summed E-state index contributed by atoms with van der Waals surface area (Å²) in [5, 5.41) is 0.544. The van der Waals surface area contributed by atoms with Crippen LogP contribution in [0.2, 0.25) is 0 Å². The van der Waals surface area contributed by atoms with Crippen LogP contribution in [0.5, 0.6) is 5.75 Å². The lowest BCUT2D eigenvalue weighted by Gasteiger charge is -2.36. The highest BCUT2D eigenvalue weighted by molar-refractivity contribution is 8.00. The van der Waals surface area contributed by atoms with Crippen LogP contribution in [0, 0.1) is 0 Å². The van der Waals surface area contributed by atoms with Crippen molar-refractivity contribution in [2.24, 2.45) is 0 Å². The average Bonchev–Trinajstić information content (AvgIpc) is 2.89. The number of methoxy groups -OCH3 is 1. The number of thioether (sulfide) groups is 1. The summed E-state index contributed by atoms with van der Waals surface area (Å²) >= 11 is 1.87. The number of ether oxygens (including phenoxy) is 3. The predicted octanol–water partition coefficient (Wildman–Crippen LogP) is 2.71. The van der Waals surface area contributed by atoms with E-state index in [1.54, 1.807) is 7.11 Å². The van der Waals surface area contributed by atoms with Gasteiger partial charge in [-0.1, -0.05) is 0 Å². The van der Waals surface area contributed by atoms with Crippen LogP contribution in [0.1, 0.15) is 19.3 Å². The molecule has 0 radical (unpaired) electrons. The van der Waals surface area contributed by atoms with E-state index in [0.29, 0.717) is 5.25 Å². The van der Waals surface area contributed by atoms with Crippen LogP contribution in [0.4, 0.5) is 5.69 Å². The van der Waals surface area contributed by atoms with Gasteiger partial charge in [-0.05, 0) is 25.0 Å². The molecule has 0 amide bonds. The third kappa shape index (κ3) is 2.90.